The van der Waals surface area contributed by atoms with E-state index in [-0.39, 0.29) is 17.2 Å². The van der Waals surface area contributed by atoms with Crippen molar-refractivity contribution in [2.75, 3.05) is 11.1 Å². The van der Waals surface area contributed by atoms with Crippen LogP contribution in [0.3, 0.4) is 0 Å². The van der Waals surface area contributed by atoms with E-state index in [1.54, 1.807) is 18.0 Å². The fraction of sp³-hybridized carbons (Fsp3) is 0.217. The van der Waals surface area contributed by atoms with Gasteiger partial charge in [-0.15, -0.1) is 11.8 Å². The number of carbonyl (C=O) groups excluding carboxylic acids is 2. The van der Waals surface area contributed by atoms with Gasteiger partial charge in [-0.05, 0) is 60.9 Å². The molecule has 4 rings (SSSR count). The predicted octanol–water partition coefficient (Wildman–Crippen LogP) is 4.92. The average Bonchev–Trinajstić information content (AvgIpc) is 3.36. The van der Waals surface area contributed by atoms with Crippen LogP contribution < -0.4 is 5.32 Å². The maximum Gasteiger partial charge on any atom is 0.255 e. The summed E-state index contributed by atoms with van der Waals surface area (Å²) in [6, 6.07) is 17.0. The first-order valence-electron chi connectivity index (χ1n) is 9.44. The molecule has 0 bridgehead atoms. The van der Waals surface area contributed by atoms with E-state index >= 15 is 0 Å². The summed E-state index contributed by atoms with van der Waals surface area (Å²) in [5.41, 5.74) is 4.60. The molecule has 2 heterocycles. The number of furan rings is 1. The third-order valence-corrected chi connectivity index (χ3v) is 6.44. The Morgan fingerprint density at radius 1 is 1.14 bits per heavy atom. The zero-order valence-corrected chi connectivity index (χ0v) is 17.2. The number of carbonyl (C=O) groups is 2. The number of aryl methyl sites for hydroxylation is 1. The summed E-state index contributed by atoms with van der Waals surface area (Å²) < 4.78 is 5.40. The van der Waals surface area contributed by atoms with Gasteiger partial charge in [0.1, 0.15) is 11.1 Å². The highest BCUT2D eigenvalue weighted by molar-refractivity contribution is 8.00. The van der Waals surface area contributed by atoms with E-state index in [4.69, 9.17) is 4.42 Å². The van der Waals surface area contributed by atoms with E-state index in [1.165, 1.54) is 0 Å². The zero-order chi connectivity index (χ0) is 20.4. The van der Waals surface area contributed by atoms with E-state index in [9.17, 15) is 9.59 Å². The highest BCUT2D eigenvalue weighted by Crippen LogP contribution is 2.39. The lowest BCUT2D eigenvalue weighted by molar-refractivity contribution is -0.128. The number of hydrogen-bond acceptors (Lipinski definition) is 4. The number of anilines is 1. The molecule has 1 aromatic heterocycles. The molecule has 0 saturated carbocycles. The Kier molecular flexibility index (Phi) is 5.45. The highest BCUT2D eigenvalue weighted by Gasteiger charge is 2.33. The van der Waals surface area contributed by atoms with E-state index < -0.39 is 0 Å². The molecule has 2 aromatic carbocycles. The van der Waals surface area contributed by atoms with Gasteiger partial charge >= 0.3 is 0 Å². The summed E-state index contributed by atoms with van der Waals surface area (Å²) >= 11 is 1.59. The van der Waals surface area contributed by atoms with Crippen molar-refractivity contribution in [1.82, 2.24) is 4.90 Å². The Bertz CT molecular complexity index is 1030. The summed E-state index contributed by atoms with van der Waals surface area (Å²) in [5, 5.41) is 2.90. The summed E-state index contributed by atoms with van der Waals surface area (Å²) in [6.07, 6.45) is 1.61. The van der Waals surface area contributed by atoms with Crippen molar-refractivity contribution in [3.63, 3.8) is 0 Å². The molecule has 1 saturated heterocycles. The normalized spacial score (nSPS) is 16.3. The largest absolute Gasteiger partial charge is 0.467 e. The molecular weight excluding hydrogens is 384 g/mol. The maximum absolute atomic E-state index is 12.6. The van der Waals surface area contributed by atoms with Gasteiger partial charge in [-0.2, -0.15) is 0 Å². The van der Waals surface area contributed by atoms with Crippen molar-refractivity contribution in [2.45, 2.75) is 25.8 Å². The number of thioether (sulfide) groups is 1. The van der Waals surface area contributed by atoms with Crippen molar-refractivity contribution in [1.29, 1.82) is 0 Å². The van der Waals surface area contributed by atoms with Crippen LogP contribution in [0.2, 0.25) is 0 Å². The van der Waals surface area contributed by atoms with Crippen LogP contribution >= 0.6 is 11.8 Å². The Balaban J connectivity index is 1.49. The zero-order valence-electron chi connectivity index (χ0n) is 16.3. The second-order valence-electron chi connectivity index (χ2n) is 7.09. The first-order chi connectivity index (χ1) is 14.0. The number of benzene rings is 2. The Hall–Kier alpha value is -2.99. The standard InChI is InChI=1S/C23H22N2O3S/c1-15-5-3-7-20(16(15)2)24-22(27)17-8-10-18(11-9-17)23-25(21(26)14-29-23)13-19-6-4-12-28-19/h3-12,23H,13-14H2,1-2H3,(H,24,27)/t23-/m0/s1. The molecule has 0 aliphatic carbocycles. The Morgan fingerprint density at radius 2 is 1.93 bits per heavy atom. The van der Waals surface area contributed by atoms with E-state index in [0.29, 0.717) is 17.9 Å². The van der Waals surface area contributed by atoms with Crippen LogP contribution in [0.1, 0.15) is 38.2 Å². The summed E-state index contributed by atoms with van der Waals surface area (Å²) in [6.45, 7) is 4.46. The van der Waals surface area contributed by atoms with Crippen molar-refractivity contribution < 1.29 is 14.0 Å². The van der Waals surface area contributed by atoms with Crippen LogP contribution in [-0.2, 0) is 11.3 Å². The van der Waals surface area contributed by atoms with E-state index in [0.717, 1.165) is 28.1 Å². The summed E-state index contributed by atoms with van der Waals surface area (Å²) in [7, 11) is 0. The monoisotopic (exact) mass is 406 g/mol. The molecule has 148 valence electrons. The number of rotatable bonds is 5. The van der Waals surface area contributed by atoms with Gasteiger partial charge in [-0.1, -0.05) is 24.3 Å². The van der Waals surface area contributed by atoms with Gasteiger partial charge in [0.15, 0.2) is 0 Å². The van der Waals surface area contributed by atoms with E-state index in [1.807, 2.05) is 73.3 Å². The molecule has 0 radical (unpaired) electrons. The fourth-order valence-electron chi connectivity index (χ4n) is 3.35. The van der Waals surface area contributed by atoms with Gasteiger partial charge in [-0.25, -0.2) is 0 Å². The third-order valence-electron chi connectivity index (χ3n) is 5.19. The topological polar surface area (TPSA) is 62.6 Å². The molecule has 0 spiro atoms. The first-order valence-corrected chi connectivity index (χ1v) is 10.5. The fourth-order valence-corrected chi connectivity index (χ4v) is 4.54. The van der Waals surface area contributed by atoms with Gasteiger partial charge in [0.05, 0.1) is 18.6 Å². The molecule has 1 fully saturated rings. The van der Waals surface area contributed by atoms with Crippen LogP contribution in [0.5, 0.6) is 0 Å². The number of nitrogens with zero attached hydrogens (tertiary/aromatic N) is 1. The van der Waals surface area contributed by atoms with Crippen molar-refractivity contribution in [3.05, 3.63) is 88.9 Å². The van der Waals surface area contributed by atoms with Crippen LogP contribution in [0.15, 0.2) is 65.3 Å². The first kappa shape index (κ1) is 19.3. The molecule has 2 amide bonds. The molecule has 0 unspecified atom stereocenters. The van der Waals surface area contributed by atoms with Gasteiger partial charge in [0.25, 0.3) is 5.91 Å². The summed E-state index contributed by atoms with van der Waals surface area (Å²) in [4.78, 5) is 26.8. The minimum atomic E-state index is -0.146. The van der Waals surface area contributed by atoms with Crippen molar-refractivity contribution >= 4 is 29.3 Å². The third kappa shape index (κ3) is 4.07. The Labute approximate surface area is 174 Å². The lowest BCUT2D eigenvalue weighted by Gasteiger charge is -2.23. The average molecular weight is 407 g/mol. The molecular formula is C23H22N2O3S. The Morgan fingerprint density at radius 3 is 2.66 bits per heavy atom. The predicted molar refractivity (Wildman–Crippen MR) is 115 cm³/mol. The molecule has 1 N–H and O–H groups in total. The molecule has 1 atom stereocenters. The van der Waals surface area contributed by atoms with Crippen molar-refractivity contribution in [3.8, 4) is 0 Å². The number of nitrogens with one attached hydrogen (secondary N) is 1. The van der Waals surface area contributed by atoms with Crippen LogP contribution in [0.4, 0.5) is 5.69 Å². The van der Waals surface area contributed by atoms with Crippen LogP contribution in [0, 0.1) is 13.8 Å². The van der Waals surface area contributed by atoms with Crippen molar-refractivity contribution in [2.24, 2.45) is 0 Å². The quantitative estimate of drug-likeness (QED) is 0.653. The molecule has 3 aromatic rings. The molecule has 29 heavy (non-hydrogen) atoms. The molecule has 6 heteroatoms. The van der Waals surface area contributed by atoms with Gasteiger partial charge in [-0.3, -0.25) is 9.59 Å². The summed E-state index contributed by atoms with van der Waals surface area (Å²) in [5.74, 6) is 1.15. The number of amides is 2. The number of hydrogen-bond donors (Lipinski definition) is 1. The smallest absolute Gasteiger partial charge is 0.255 e. The van der Waals surface area contributed by atoms with E-state index in [2.05, 4.69) is 5.32 Å². The highest BCUT2D eigenvalue weighted by atomic mass is 32.2. The van der Waals surface area contributed by atoms with Gasteiger partial charge in [0, 0.05) is 11.3 Å². The SMILES string of the molecule is Cc1cccc(NC(=O)c2ccc([C@@H]3SCC(=O)N3Cc3ccco3)cc2)c1C. The van der Waals surface area contributed by atoms with Crippen LogP contribution in [-0.4, -0.2) is 22.5 Å². The maximum atomic E-state index is 12.6. The molecule has 1 aliphatic rings. The van der Waals surface area contributed by atoms with Crippen LogP contribution in [0.25, 0.3) is 0 Å². The lowest BCUT2D eigenvalue weighted by Crippen LogP contribution is -2.27. The van der Waals surface area contributed by atoms with Gasteiger partial charge in [0.2, 0.25) is 5.91 Å². The minimum Gasteiger partial charge on any atom is -0.467 e. The molecule has 5 nitrogen and oxygen atoms in total. The molecule has 1 aliphatic heterocycles. The minimum absolute atomic E-state index is 0.0799. The van der Waals surface area contributed by atoms with Gasteiger partial charge < -0.3 is 14.6 Å². The second kappa shape index (κ2) is 8.17. The lowest BCUT2D eigenvalue weighted by atomic mass is 10.1. The second-order valence-corrected chi connectivity index (χ2v) is 8.16.